The van der Waals surface area contributed by atoms with Gasteiger partial charge in [-0.25, -0.2) is 8.42 Å². The Morgan fingerprint density at radius 3 is 2.11 bits per heavy atom. The predicted octanol–water partition coefficient (Wildman–Crippen LogP) is 3.44. The fraction of sp³-hybridized carbons (Fsp3) is 0.519. The Labute approximate surface area is 220 Å². The Morgan fingerprint density at radius 1 is 0.946 bits per heavy atom. The van der Waals surface area contributed by atoms with Gasteiger partial charge in [-0.05, 0) is 82.5 Å². The number of nitrogens with one attached hydrogen (secondary N) is 2. The average Bonchev–Trinajstić information content (AvgIpc) is 3.41. The minimum absolute atomic E-state index is 0.167. The number of anilines is 3. The van der Waals surface area contributed by atoms with Crippen LogP contribution in [-0.2, 0) is 19.6 Å². The van der Waals surface area contributed by atoms with Crippen molar-refractivity contribution in [1.82, 2.24) is 4.31 Å². The fourth-order valence-corrected chi connectivity index (χ4v) is 5.85. The van der Waals surface area contributed by atoms with Crippen LogP contribution in [0.1, 0.15) is 39.2 Å². The van der Waals surface area contributed by atoms with Gasteiger partial charge in [-0.1, -0.05) is 6.07 Å². The van der Waals surface area contributed by atoms with Crippen molar-refractivity contribution in [1.29, 1.82) is 0 Å². The van der Waals surface area contributed by atoms with Crippen molar-refractivity contribution in [3.63, 3.8) is 0 Å². The van der Waals surface area contributed by atoms with Crippen LogP contribution in [0, 0.1) is 6.92 Å². The Hall–Kier alpha value is -2.66. The van der Waals surface area contributed by atoms with Crippen molar-refractivity contribution in [3.05, 3.63) is 48.0 Å². The Kier molecular flexibility index (Phi) is 10.3. The van der Waals surface area contributed by atoms with E-state index in [0.717, 1.165) is 18.8 Å². The zero-order chi connectivity index (χ0) is 27.0. The van der Waals surface area contributed by atoms with Crippen molar-refractivity contribution in [3.8, 4) is 0 Å². The molecule has 2 aromatic carbocycles. The number of benzene rings is 2. The molecule has 0 aromatic heterocycles. The van der Waals surface area contributed by atoms with E-state index < -0.39 is 16.1 Å². The molecule has 10 heteroatoms. The van der Waals surface area contributed by atoms with E-state index >= 15 is 0 Å². The number of rotatable bonds is 7. The smallest absolute Gasteiger partial charge is 0.246 e. The zero-order valence-corrected chi connectivity index (χ0v) is 23.1. The molecule has 9 nitrogen and oxygen atoms in total. The van der Waals surface area contributed by atoms with E-state index in [4.69, 9.17) is 9.84 Å². The Balaban J connectivity index is 0.000000886. The van der Waals surface area contributed by atoms with Crippen LogP contribution in [0.5, 0.6) is 0 Å². The fourth-order valence-electron chi connectivity index (χ4n) is 4.19. The van der Waals surface area contributed by atoms with E-state index in [1.54, 1.807) is 39.8 Å². The largest absolute Gasteiger partial charge is 0.394 e. The maximum atomic E-state index is 13.1. The lowest BCUT2D eigenvalue weighted by Crippen LogP contribution is -2.40. The van der Waals surface area contributed by atoms with Crippen molar-refractivity contribution in [2.45, 2.75) is 57.6 Å². The van der Waals surface area contributed by atoms with Crippen LogP contribution in [0.15, 0.2) is 47.4 Å². The highest BCUT2D eigenvalue weighted by Gasteiger charge is 2.28. The molecular formula is C27H40N4O5S. The van der Waals surface area contributed by atoms with E-state index in [9.17, 15) is 13.2 Å². The zero-order valence-electron chi connectivity index (χ0n) is 22.2. The summed E-state index contributed by atoms with van der Waals surface area (Å²) in [5.41, 5.74) is 3.16. The number of aliphatic hydroxyl groups excluding tert-OH is 1. The molecule has 0 radical (unpaired) electrons. The Bertz CT molecular complexity index is 1120. The first kappa shape index (κ1) is 28.9. The van der Waals surface area contributed by atoms with Gasteiger partial charge in [0, 0.05) is 49.3 Å². The number of hydrogen-bond acceptors (Lipinski definition) is 7. The van der Waals surface area contributed by atoms with E-state index in [2.05, 4.69) is 27.7 Å². The number of aryl methyl sites for hydroxylation is 1. The highest BCUT2D eigenvalue weighted by Crippen LogP contribution is 2.25. The van der Waals surface area contributed by atoms with Gasteiger partial charge in [-0.3, -0.25) is 4.79 Å². The highest BCUT2D eigenvalue weighted by atomic mass is 32.2. The molecule has 2 aliphatic heterocycles. The number of nitrogens with zero attached hydrogens (tertiary/aromatic N) is 2. The molecule has 3 N–H and O–H groups in total. The number of morpholine rings is 1. The van der Waals surface area contributed by atoms with E-state index in [1.165, 1.54) is 28.9 Å². The summed E-state index contributed by atoms with van der Waals surface area (Å²) in [6, 6.07) is 12.6. The molecule has 2 aromatic rings. The molecule has 204 valence electrons. The third-order valence-corrected chi connectivity index (χ3v) is 8.20. The number of ether oxygens (including phenoxy) is 1. The van der Waals surface area contributed by atoms with Gasteiger partial charge in [0.15, 0.2) is 0 Å². The normalized spacial score (nSPS) is 17.2. The summed E-state index contributed by atoms with van der Waals surface area (Å²) in [7, 11) is -3.65. The summed E-state index contributed by atoms with van der Waals surface area (Å²) in [4.78, 5) is 15.4. The second-order valence-electron chi connectivity index (χ2n) is 9.69. The van der Waals surface area contributed by atoms with Crippen LogP contribution in [0.2, 0.25) is 0 Å². The van der Waals surface area contributed by atoms with Gasteiger partial charge in [0.05, 0.1) is 18.1 Å². The first-order valence-electron chi connectivity index (χ1n) is 12.9. The minimum Gasteiger partial charge on any atom is -0.394 e. The third kappa shape index (κ3) is 8.16. The molecule has 2 aliphatic rings. The maximum absolute atomic E-state index is 13.1. The summed E-state index contributed by atoms with van der Waals surface area (Å²) in [6.45, 7) is 10.6. The molecule has 1 atom stereocenters. The van der Waals surface area contributed by atoms with Gasteiger partial charge in [0.25, 0.3) is 0 Å². The second kappa shape index (κ2) is 13.2. The van der Waals surface area contributed by atoms with Crippen LogP contribution in [0.25, 0.3) is 0 Å². The second-order valence-corrected chi connectivity index (χ2v) is 11.6. The lowest BCUT2D eigenvalue weighted by Gasteiger charge is -2.27. The molecule has 1 amide bonds. The number of carbonyl (C=O) groups excluding carboxylic acids is 1. The topological polar surface area (TPSA) is 111 Å². The first-order chi connectivity index (χ1) is 17.6. The number of sulfonamides is 1. The van der Waals surface area contributed by atoms with Gasteiger partial charge < -0.3 is 25.4 Å². The number of aliphatic hydroxyl groups is 1. The third-order valence-electron chi connectivity index (χ3n) is 6.16. The SMILES string of the molecule is CC(C)O.Cc1ccc(NC(=O)C(C)Nc2ccc(N3CCCC3)cc2)cc1S(=O)(=O)N1CCOCC1. The van der Waals surface area contributed by atoms with Gasteiger partial charge >= 0.3 is 0 Å². The number of carbonyl (C=O) groups is 1. The molecule has 37 heavy (non-hydrogen) atoms. The van der Waals surface area contributed by atoms with Gasteiger partial charge in [0.2, 0.25) is 15.9 Å². The standard InChI is InChI=1S/C24H32N4O4S.C3H8O/c1-18-5-6-21(17-23(18)33(30,31)28-13-15-32-16-14-28)26-24(29)19(2)25-20-7-9-22(10-8-20)27-11-3-4-12-27;1-3(2)4/h5-10,17,19,25H,3-4,11-16H2,1-2H3,(H,26,29);3-4H,1-2H3. The minimum atomic E-state index is -3.65. The summed E-state index contributed by atoms with van der Waals surface area (Å²) >= 11 is 0. The number of amides is 1. The molecule has 2 heterocycles. The van der Waals surface area contributed by atoms with Crippen molar-refractivity contribution < 1.29 is 23.1 Å². The van der Waals surface area contributed by atoms with Crippen LogP contribution in [0.4, 0.5) is 17.1 Å². The molecule has 0 saturated carbocycles. The molecular weight excluding hydrogens is 492 g/mol. The summed E-state index contributed by atoms with van der Waals surface area (Å²) in [6.07, 6.45) is 2.29. The Morgan fingerprint density at radius 2 is 1.51 bits per heavy atom. The van der Waals surface area contributed by atoms with Gasteiger partial charge in [-0.2, -0.15) is 4.31 Å². The van der Waals surface area contributed by atoms with E-state index in [1.807, 2.05) is 12.1 Å². The van der Waals surface area contributed by atoms with Crippen molar-refractivity contribution in [2.75, 3.05) is 54.9 Å². The summed E-state index contributed by atoms with van der Waals surface area (Å²) < 4.78 is 32.9. The summed E-state index contributed by atoms with van der Waals surface area (Å²) in [5, 5.41) is 14.1. The highest BCUT2D eigenvalue weighted by molar-refractivity contribution is 7.89. The molecule has 1 unspecified atom stereocenters. The molecule has 0 bridgehead atoms. The monoisotopic (exact) mass is 532 g/mol. The van der Waals surface area contributed by atoms with Crippen LogP contribution in [-0.4, -0.2) is 75.3 Å². The van der Waals surface area contributed by atoms with E-state index in [0.29, 0.717) is 37.6 Å². The van der Waals surface area contributed by atoms with Crippen LogP contribution < -0.4 is 15.5 Å². The van der Waals surface area contributed by atoms with Gasteiger partial charge in [0.1, 0.15) is 6.04 Å². The predicted molar refractivity (Wildman–Crippen MR) is 148 cm³/mol. The maximum Gasteiger partial charge on any atom is 0.246 e. The molecule has 4 rings (SSSR count). The number of hydrogen-bond donors (Lipinski definition) is 3. The van der Waals surface area contributed by atoms with Crippen molar-refractivity contribution >= 4 is 33.0 Å². The van der Waals surface area contributed by atoms with Crippen LogP contribution in [0.3, 0.4) is 0 Å². The van der Waals surface area contributed by atoms with Gasteiger partial charge in [-0.15, -0.1) is 0 Å². The van der Waals surface area contributed by atoms with E-state index in [-0.39, 0.29) is 16.9 Å². The molecule has 0 spiro atoms. The summed E-state index contributed by atoms with van der Waals surface area (Å²) in [5.74, 6) is -0.239. The lowest BCUT2D eigenvalue weighted by atomic mass is 10.2. The molecule has 0 aliphatic carbocycles. The first-order valence-corrected chi connectivity index (χ1v) is 14.3. The van der Waals surface area contributed by atoms with Crippen molar-refractivity contribution in [2.24, 2.45) is 0 Å². The van der Waals surface area contributed by atoms with Crippen LogP contribution >= 0.6 is 0 Å². The quantitative estimate of drug-likeness (QED) is 0.501. The average molecular weight is 533 g/mol. The molecule has 2 fully saturated rings. The lowest BCUT2D eigenvalue weighted by molar-refractivity contribution is -0.116. The molecule has 2 saturated heterocycles.